The minimum absolute atomic E-state index is 0.527. The van der Waals surface area contributed by atoms with Gasteiger partial charge in [-0.2, -0.15) is 0 Å². The molecular weight excluding hydrogens is 355 g/mol. The summed E-state index contributed by atoms with van der Waals surface area (Å²) >= 11 is 12.2. The number of nitrogens with two attached hydrogens (primary N) is 1. The fourth-order valence-corrected chi connectivity index (χ4v) is 3.15. The summed E-state index contributed by atoms with van der Waals surface area (Å²) in [5, 5.41) is 7.55. The molecule has 0 amide bonds. The van der Waals surface area contributed by atoms with Crippen LogP contribution in [-0.4, -0.2) is 18.2 Å². The Bertz CT molecular complexity index is 789. The average Bonchev–Trinajstić information content (AvgIpc) is 2.58. The standard InChI is InChI=1S/C19H20Cl2N4/c20-16-7-6-15(17(21)12-16)13-19(22)9-11-24-18(25-19)23-10-8-14-4-2-1-3-5-14/h1-7,9,11-12H,8,10,13,22H2,(H2,23,24,25). The van der Waals surface area contributed by atoms with E-state index >= 15 is 0 Å². The highest BCUT2D eigenvalue weighted by Gasteiger charge is 2.27. The van der Waals surface area contributed by atoms with Crippen LogP contribution in [-0.2, 0) is 12.8 Å². The second-order valence-electron chi connectivity index (χ2n) is 6.02. The first-order valence-corrected chi connectivity index (χ1v) is 8.83. The number of nitrogens with zero attached hydrogens (tertiary/aromatic N) is 1. The van der Waals surface area contributed by atoms with Crippen molar-refractivity contribution >= 4 is 29.2 Å². The third kappa shape index (κ3) is 4.98. The van der Waals surface area contributed by atoms with Crippen molar-refractivity contribution in [3.05, 3.63) is 82.0 Å². The van der Waals surface area contributed by atoms with Crippen LogP contribution < -0.4 is 16.4 Å². The zero-order valence-electron chi connectivity index (χ0n) is 13.7. The lowest BCUT2D eigenvalue weighted by atomic mass is 9.99. The Kier molecular flexibility index (Phi) is 5.63. The van der Waals surface area contributed by atoms with E-state index in [-0.39, 0.29) is 0 Å². The topological polar surface area (TPSA) is 62.4 Å². The normalized spacial score (nSPS) is 21.0. The van der Waals surface area contributed by atoms with Crippen molar-refractivity contribution in [1.29, 1.82) is 0 Å². The number of halogens is 2. The lowest BCUT2D eigenvalue weighted by Crippen LogP contribution is -2.61. The van der Waals surface area contributed by atoms with E-state index in [1.165, 1.54) is 5.56 Å². The Hall–Kier alpha value is -2.01. The largest absolute Gasteiger partial charge is 0.334 e. The van der Waals surface area contributed by atoms with E-state index in [9.17, 15) is 0 Å². The van der Waals surface area contributed by atoms with Gasteiger partial charge in [-0.25, -0.2) is 0 Å². The highest BCUT2D eigenvalue weighted by molar-refractivity contribution is 6.35. The zero-order chi connectivity index (χ0) is 17.7. The van der Waals surface area contributed by atoms with Crippen LogP contribution in [0.1, 0.15) is 11.1 Å². The second-order valence-corrected chi connectivity index (χ2v) is 6.87. The van der Waals surface area contributed by atoms with E-state index in [2.05, 4.69) is 27.8 Å². The van der Waals surface area contributed by atoms with Gasteiger partial charge in [-0.15, -0.1) is 0 Å². The maximum atomic E-state index is 6.46. The van der Waals surface area contributed by atoms with Gasteiger partial charge in [0.15, 0.2) is 5.96 Å². The molecular formula is C19H20Cl2N4. The molecule has 25 heavy (non-hydrogen) atoms. The molecule has 1 aliphatic heterocycles. The van der Waals surface area contributed by atoms with Crippen molar-refractivity contribution in [2.45, 2.75) is 18.5 Å². The highest BCUT2D eigenvalue weighted by Crippen LogP contribution is 2.24. The molecule has 0 fully saturated rings. The number of rotatable bonds is 5. The number of guanidine groups is 1. The van der Waals surface area contributed by atoms with Crippen molar-refractivity contribution in [3.63, 3.8) is 0 Å². The molecule has 130 valence electrons. The smallest absolute Gasteiger partial charge is 0.197 e. The van der Waals surface area contributed by atoms with Crippen molar-refractivity contribution in [2.75, 3.05) is 6.54 Å². The van der Waals surface area contributed by atoms with Gasteiger partial charge in [-0.05, 0) is 35.8 Å². The molecule has 1 aliphatic rings. The minimum atomic E-state index is -0.756. The van der Waals surface area contributed by atoms with E-state index < -0.39 is 5.66 Å². The molecule has 3 rings (SSSR count). The summed E-state index contributed by atoms with van der Waals surface area (Å²) in [4.78, 5) is 4.56. The summed E-state index contributed by atoms with van der Waals surface area (Å²) in [6.07, 6.45) is 5.08. The summed E-state index contributed by atoms with van der Waals surface area (Å²) in [5.41, 5.74) is 7.89. The highest BCUT2D eigenvalue weighted by atomic mass is 35.5. The first-order chi connectivity index (χ1) is 12.0. The first kappa shape index (κ1) is 17.8. The molecule has 0 saturated carbocycles. The lowest BCUT2D eigenvalue weighted by Gasteiger charge is -2.32. The number of aliphatic imine (C=N–C) groups is 1. The SMILES string of the molecule is NC1(Cc2ccc(Cl)cc2Cl)C=CNC(=NCCc2ccccc2)N1. The molecule has 0 aromatic heterocycles. The van der Waals surface area contributed by atoms with Crippen LogP contribution in [0.25, 0.3) is 0 Å². The third-order valence-corrected chi connectivity index (χ3v) is 4.55. The monoisotopic (exact) mass is 374 g/mol. The summed E-state index contributed by atoms with van der Waals surface area (Å²) in [6, 6.07) is 15.7. The first-order valence-electron chi connectivity index (χ1n) is 8.08. The van der Waals surface area contributed by atoms with Crippen molar-refractivity contribution in [2.24, 2.45) is 10.7 Å². The molecule has 4 nitrogen and oxygen atoms in total. The minimum Gasteiger partial charge on any atom is -0.334 e. The Morgan fingerprint density at radius 1 is 1.08 bits per heavy atom. The van der Waals surface area contributed by atoms with Crippen LogP contribution in [0.5, 0.6) is 0 Å². The molecule has 1 unspecified atom stereocenters. The molecule has 2 aromatic rings. The van der Waals surface area contributed by atoms with Gasteiger partial charge < -0.3 is 16.4 Å². The molecule has 4 N–H and O–H groups in total. The molecule has 6 heteroatoms. The van der Waals surface area contributed by atoms with E-state index in [1.807, 2.05) is 42.6 Å². The van der Waals surface area contributed by atoms with Gasteiger partial charge in [0.05, 0.1) is 0 Å². The Labute approximate surface area is 157 Å². The van der Waals surface area contributed by atoms with Gasteiger partial charge in [0, 0.05) is 29.2 Å². The molecule has 0 bridgehead atoms. The van der Waals surface area contributed by atoms with Crippen LogP contribution in [0.2, 0.25) is 10.0 Å². The summed E-state index contributed by atoms with van der Waals surface area (Å²) in [7, 11) is 0. The maximum absolute atomic E-state index is 6.46. The molecule has 1 atom stereocenters. The van der Waals surface area contributed by atoms with E-state index in [4.69, 9.17) is 28.9 Å². The Balaban J connectivity index is 1.64. The number of nitrogens with one attached hydrogen (secondary N) is 2. The van der Waals surface area contributed by atoms with Crippen molar-refractivity contribution in [1.82, 2.24) is 10.6 Å². The number of hydrogen-bond donors (Lipinski definition) is 3. The van der Waals surface area contributed by atoms with Gasteiger partial charge in [0.1, 0.15) is 5.66 Å². The predicted octanol–water partition coefficient (Wildman–Crippen LogP) is 3.50. The molecule has 0 radical (unpaired) electrons. The fraction of sp³-hybridized carbons (Fsp3) is 0.211. The average molecular weight is 375 g/mol. The van der Waals surface area contributed by atoms with Gasteiger partial charge >= 0.3 is 0 Å². The molecule has 1 heterocycles. The molecule has 0 saturated heterocycles. The lowest BCUT2D eigenvalue weighted by molar-refractivity contribution is 0.472. The van der Waals surface area contributed by atoms with E-state index in [1.54, 1.807) is 6.07 Å². The molecule has 2 aromatic carbocycles. The van der Waals surface area contributed by atoms with Gasteiger partial charge in [-0.1, -0.05) is 59.6 Å². The number of hydrogen-bond acceptors (Lipinski definition) is 2. The van der Waals surface area contributed by atoms with Crippen molar-refractivity contribution < 1.29 is 0 Å². The van der Waals surface area contributed by atoms with E-state index in [0.29, 0.717) is 29.0 Å². The zero-order valence-corrected chi connectivity index (χ0v) is 15.2. The van der Waals surface area contributed by atoms with Gasteiger partial charge in [-0.3, -0.25) is 4.99 Å². The van der Waals surface area contributed by atoms with E-state index in [0.717, 1.165) is 12.0 Å². The van der Waals surface area contributed by atoms with Crippen LogP contribution in [0, 0.1) is 0 Å². The summed E-state index contributed by atoms with van der Waals surface area (Å²) < 4.78 is 0. The van der Waals surface area contributed by atoms with Gasteiger partial charge in [0.2, 0.25) is 0 Å². The van der Waals surface area contributed by atoms with Crippen LogP contribution in [0.3, 0.4) is 0 Å². The fourth-order valence-electron chi connectivity index (χ4n) is 2.68. The Morgan fingerprint density at radius 2 is 1.88 bits per heavy atom. The van der Waals surface area contributed by atoms with Crippen molar-refractivity contribution in [3.8, 4) is 0 Å². The number of benzene rings is 2. The Morgan fingerprint density at radius 3 is 2.64 bits per heavy atom. The van der Waals surface area contributed by atoms with Crippen LogP contribution in [0.15, 0.2) is 65.8 Å². The van der Waals surface area contributed by atoms with Crippen LogP contribution in [0.4, 0.5) is 0 Å². The quantitative estimate of drug-likeness (QED) is 0.750. The molecule has 0 spiro atoms. The van der Waals surface area contributed by atoms with Gasteiger partial charge in [0.25, 0.3) is 0 Å². The third-order valence-electron chi connectivity index (χ3n) is 3.96. The van der Waals surface area contributed by atoms with Crippen LogP contribution >= 0.6 is 23.2 Å². The molecule has 0 aliphatic carbocycles. The summed E-state index contributed by atoms with van der Waals surface area (Å²) in [6.45, 7) is 0.672. The second kappa shape index (κ2) is 7.91. The maximum Gasteiger partial charge on any atom is 0.197 e. The summed E-state index contributed by atoms with van der Waals surface area (Å²) in [5.74, 6) is 0.658. The predicted molar refractivity (Wildman–Crippen MR) is 105 cm³/mol.